The van der Waals surface area contributed by atoms with Crippen molar-refractivity contribution >= 4 is 22.8 Å². The minimum atomic E-state index is 0. The van der Waals surface area contributed by atoms with Gasteiger partial charge in [0.2, 0.25) is 0 Å². The van der Waals surface area contributed by atoms with Crippen LogP contribution in [0.5, 0.6) is 0 Å². The van der Waals surface area contributed by atoms with Gasteiger partial charge in [0.05, 0.1) is 34.2 Å². The minimum Gasteiger partial charge on any atom is -1.00 e. The number of halogens is 2. The first-order valence-electron chi connectivity index (χ1n) is 14.6. The molecule has 2 aromatic carbocycles. The third-order valence-electron chi connectivity index (χ3n) is 7.38. The molecule has 1 aromatic heterocycles. The normalized spacial score (nSPS) is 12.0. The van der Waals surface area contributed by atoms with E-state index in [0.717, 1.165) is 39.7 Å². The van der Waals surface area contributed by atoms with Gasteiger partial charge in [-0.05, 0) is 98.2 Å². The maximum atomic E-state index is 5.24. The summed E-state index contributed by atoms with van der Waals surface area (Å²) in [7, 11) is 0. The summed E-state index contributed by atoms with van der Waals surface area (Å²) in [6.07, 6.45) is 0. The van der Waals surface area contributed by atoms with Crippen molar-refractivity contribution in [2.45, 2.75) is 114 Å². The first kappa shape index (κ1) is 40.0. The SMILES string of the molecule is CC(=Nc1c(C(C)C)cc(C)cc1C(C)C)c1cc(C)cc(C(C)=Nc2c(C(C)C)cc(C)cc2C(C)C)n1.[Cl-].[Cl-].[Fe+2]. The molecule has 0 radical (unpaired) electrons. The van der Waals surface area contributed by atoms with Crippen molar-refractivity contribution in [3.63, 3.8) is 0 Å². The molecular weight excluding hydrogens is 601 g/mol. The van der Waals surface area contributed by atoms with Gasteiger partial charge in [-0.25, -0.2) is 4.98 Å². The van der Waals surface area contributed by atoms with Gasteiger partial charge in [-0.15, -0.1) is 0 Å². The van der Waals surface area contributed by atoms with E-state index in [9.17, 15) is 0 Å². The average Bonchev–Trinajstić information content (AvgIpc) is 2.84. The number of rotatable bonds is 8. The van der Waals surface area contributed by atoms with Crippen LogP contribution in [0.3, 0.4) is 0 Å². The van der Waals surface area contributed by atoms with Crippen molar-refractivity contribution in [1.82, 2.24) is 4.98 Å². The van der Waals surface area contributed by atoms with E-state index < -0.39 is 0 Å². The van der Waals surface area contributed by atoms with Crippen LogP contribution in [0.2, 0.25) is 0 Å². The predicted molar refractivity (Wildman–Crippen MR) is 171 cm³/mol. The Morgan fingerprint density at radius 3 is 0.976 bits per heavy atom. The first-order valence-corrected chi connectivity index (χ1v) is 14.6. The van der Waals surface area contributed by atoms with Crippen LogP contribution >= 0.6 is 0 Å². The van der Waals surface area contributed by atoms with Crippen molar-refractivity contribution < 1.29 is 41.9 Å². The zero-order valence-corrected chi connectivity index (χ0v) is 30.3. The van der Waals surface area contributed by atoms with E-state index in [4.69, 9.17) is 15.0 Å². The molecule has 0 atom stereocenters. The van der Waals surface area contributed by atoms with Gasteiger partial charge in [-0.1, -0.05) is 90.8 Å². The summed E-state index contributed by atoms with van der Waals surface area (Å²) in [5, 5.41) is 0. The summed E-state index contributed by atoms with van der Waals surface area (Å²) in [6, 6.07) is 13.4. The molecule has 3 rings (SSSR count). The molecular formula is C36H49Cl2FeN3. The van der Waals surface area contributed by atoms with Gasteiger partial charge >= 0.3 is 17.1 Å². The molecule has 1 heterocycles. The topological polar surface area (TPSA) is 37.6 Å². The van der Waals surface area contributed by atoms with E-state index in [0.29, 0.717) is 23.7 Å². The van der Waals surface area contributed by atoms with Crippen molar-refractivity contribution in [2.75, 3.05) is 0 Å². The molecule has 0 fully saturated rings. The summed E-state index contributed by atoms with van der Waals surface area (Å²) >= 11 is 0. The molecule has 0 N–H and O–H groups in total. The number of aromatic nitrogens is 1. The fourth-order valence-electron chi connectivity index (χ4n) is 5.18. The quantitative estimate of drug-likeness (QED) is 0.256. The molecule has 6 heteroatoms. The molecule has 0 spiro atoms. The molecule has 0 aliphatic heterocycles. The summed E-state index contributed by atoms with van der Waals surface area (Å²) in [5.41, 5.74) is 14.8. The number of nitrogens with zero attached hydrogens (tertiary/aromatic N) is 3. The van der Waals surface area contributed by atoms with Crippen molar-refractivity contribution in [2.24, 2.45) is 9.98 Å². The second-order valence-electron chi connectivity index (χ2n) is 12.5. The number of aliphatic imine (C=N–C) groups is 2. The van der Waals surface area contributed by atoms with Crippen molar-refractivity contribution in [3.8, 4) is 0 Å². The Labute approximate surface area is 278 Å². The fraction of sp³-hybridized carbons (Fsp3) is 0.472. The molecule has 0 unspecified atom stereocenters. The van der Waals surface area contributed by atoms with Gasteiger partial charge in [0.1, 0.15) is 0 Å². The van der Waals surface area contributed by atoms with E-state index in [1.54, 1.807) is 0 Å². The molecule has 230 valence electrons. The number of benzene rings is 2. The zero-order valence-electron chi connectivity index (χ0n) is 27.7. The maximum Gasteiger partial charge on any atom is 2.00 e. The van der Waals surface area contributed by atoms with E-state index >= 15 is 0 Å². The summed E-state index contributed by atoms with van der Waals surface area (Å²) in [4.78, 5) is 15.6. The van der Waals surface area contributed by atoms with Crippen LogP contribution in [0.15, 0.2) is 46.4 Å². The van der Waals surface area contributed by atoms with E-state index in [1.807, 2.05) is 0 Å². The van der Waals surface area contributed by atoms with Gasteiger partial charge in [-0.3, -0.25) is 9.98 Å². The fourth-order valence-corrected chi connectivity index (χ4v) is 5.18. The van der Waals surface area contributed by atoms with Gasteiger partial charge in [0.15, 0.2) is 0 Å². The minimum absolute atomic E-state index is 0. The Bertz CT molecular complexity index is 1260. The monoisotopic (exact) mass is 649 g/mol. The Kier molecular flexibility index (Phi) is 16.0. The maximum absolute atomic E-state index is 5.24. The van der Waals surface area contributed by atoms with E-state index in [-0.39, 0.29) is 41.9 Å². The van der Waals surface area contributed by atoms with Crippen LogP contribution in [0.4, 0.5) is 11.4 Å². The number of aryl methyl sites for hydroxylation is 3. The molecule has 0 aliphatic rings. The predicted octanol–water partition coefficient (Wildman–Crippen LogP) is 4.79. The van der Waals surface area contributed by atoms with Crippen molar-refractivity contribution in [1.29, 1.82) is 0 Å². The summed E-state index contributed by atoms with van der Waals surface area (Å²) in [5.74, 6) is 1.57. The van der Waals surface area contributed by atoms with Gasteiger partial charge in [0, 0.05) is 0 Å². The largest absolute Gasteiger partial charge is 2.00 e. The number of hydrogen-bond acceptors (Lipinski definition) is 3. The van der Waals surface area contributed by atoms with Gasteiger partial charge in [-0.2, -0.15) is 0 Å². The second-order valence-corrected chi connectivity index (χ2v) is 12.5. The number of hydrogen-bond donors (Lipinski definition) is 0. The standard InChI is InChI=1S/C36H49N3.2ClH.Fe/c1-20(2)29-14-24(9)15-30(21(3)4)35(29)37-27(12)33-18-26(11)19-34(39-33)28(13)38-36-31(22(5)6)16-25(10)17-32(36)23(7)8;;;/h14-23H,1-13H3;2*1H;/q;;;+2/p-2. The molecule has 0 bridgehead atoms. The van der Waals surface area contributed by atoms with Crippen LogP contribution in [-0.2, 0) is 17.1 Å². The average molecular weight is 651 g/mol. The van der Waals surface area contributed by atoms with Gasteiger partial charge < -0.3 is 24.8 Å². The van der Waals surface area contributed by atoms with E-state index in [2.05, 4.69) is 126 Å². The summed E-state index contributed by atoms with van der Waals surface area (Å²) in [6.45, 7) is 28.6. The van der Waals surface area contributed by atoms with E-state index in [1.165, 1.54) is 33.4 Å². The third-order valence-corrected chi connectivity index (χ3v) is 7.38. The van der Waals surface area contributed by atoms with Crippen molar-refractivity contribution in [3.05, 3.63) is 86.7 Å². The molecule has 3 nitrogen and oxygen atoms in total. The second kappa shape index (κ2) is 16.8. The zero-order chi connectivity index (χ0) is 29.2. The van der Waals surface area contributed by atoms with Crippen LogP contribution < -0.4 is 24.8 Å². The molecule has 0 saturated heterocycles. The number of pyridine rings is 1. The summed E-state index contributed by atoms with van der Waals surface area (Å²) < 4.78 is 0. The van der Waals surface area contributed by atoms with Gasteiger partial charge in [0.25, 0.3) is 0 Å². The van der Waals surface area contributed by atoms with Crippen LogP contribution in [0.1, 0.15) is 143 Å². The molecule has 0 saturated carbocycles. The molecule has 3 aromatic rings. The van der Waals surface area contributed by atoms with Crippen LogP contribution in [-0.4, -0.2) is 16.4 Å². The first-order chi connectivity index (χ1) is 18.2. The Morgan fingerprint density at radius 1 is 0.500 bits per heavy atom. The Balaban J connectivity index is 0.00000560. The Morgan fingerprint density at radius 2 is 0.738 bits per heavy atom. The van der Waals surface area contributed by atoms with Crippen LogP contribution in [0.25, 0.3) is 0 Å². The molecule has 42 heavy (non-hydrogen) atoms. The third kappa shape index (κ3) is 9.51. The molecule has 0 aliphatic carbocycles. The Hall–Kier alpha value is -1.97. The molecule has 0 amide bonds. The van der Waals surface area contributed by atoms with Crippen LogP contribution in [0, 0.1) is 20.8 Å². The smallest absolute Gasteiger partial charge is 1.00 e.